The van der Waals surface area contributed by atoms with Crippen LogP contribution in [0.4, 0.5) is 14.5 Å². The molecule has 0 aliphatic carbocycles. The van der Waals surface area contributed by atoms with Crippen molar-refractivity contribution in [2.24, 2.45) is 0 Å². The number of hydrogen-bond donors (Lipinski definition) is 0. The molecule has 0 spiro atoms. The van der Waals surface area contributed by atoms with E-state index >= 15 is 0 Å². The smallest absolute Gasteiger partial charge is 0.253 e. The van der Waals surface area contributed by atoms with Gasteiger partial charge in [0.2, 0.25) is 0 Å². The van der Waals surface area contributed by atoms with Crippen molar-refractivity contribution in [2.45, 2.75) is 19.0 Å². The number of amides is 1. The molecule has 1 aliphatic heterocycles. The van der Waals surface area contributed by atoms with Crippen LogP contribution in [0.1, 0.15) is 33.5 Å². The quantitative estimate of drug-likeness (QED) is 0.502. The molecule has 0 saturated carbocycles. The molecule has 0 unspecified atom stereocenters. The maximum absolute atomic E-state index is 14.5. The number of carbonyl (C=O) groups is 1. The Balaban J connectivity index is 1.62. The second-order valence-electron chi connectivity index (χ2n) is 8.03. The van der Waals surface area contributed by atoms with Crippen molar-refractivity contribution >= 4 is 23.2 Å². The number of nitriles is 2. The summed E-state index contributed by atoms with van der Waals surface area (Å²) in [6.45, 7) is 0.980. The maximum atomic E-state index is 14.5. The molecule has 1 amide bonds. The van der Waals surface area contributed by atoms with E-state index in [1.165, 1.54) is 12.1 Å². The van der Waals surface area contributed by atoms with Gasteiger partial charge in [-0.15, -0.1) is 0 Å². The number of likely N-dealkylation sites (tertiary alicyclic amines) is 1. The fourth-order valence-corrected chi connectivity index (χ4v) is 4.34. The molecule has 1 atom stereocenters. The van der Waals surface area contributed by atoms with Gasteiger partial charge in [0, 0.05) is 48.6 Å². The SMILES string of the molecule is N#Cc1cccc(C(=O)N2CC[C@H](N(Cc3ccc(F)cc3F)c3ccc(C#N)c(Cl)c3)C2)c1. The number of nitrogens with zero attached hydrogens (tertiary/aromatic N) is 4. The lowest BCUT2D eigenvalue weighted by Gasteiger charge is -2.32. The average molecular weight is 477 g/mol. The van der Waals surface area contributed by atoms with E-state index in [0.717, 1.165) is 6.07 Å². The Morgan fingerprint density at radius 3 is 2.62 bits per heavy atom. The number of benzene rings is 3. The van der Waals surface area contributed by atoms with E-state index in [1.54, 1.807) is 47.4 Å². The number of rotatable bonds is 5. The van der Waals surface area contributed by atoms with Crippen molar-refractivity contribution in [3.8, 4) is 12.1 Å². The summed E-state index contributed by atoms with van der Waals surface area (Å²) in [5.41, 5.74) is 2.12. The molecule has 5 nitrogen and oxygen atoms in total. The highest BCUT2D eigenvalue weighted by atomic mass is 35.5. The van der Waals surface area contributed by atoms with E-state index in [-0.39, 0.29) is 23.5 Å². The predicted molar refractivity (Wildman–Crippen MR) is 124 cm³/mol. The minimum atomic E-state index is -0.663. The Morgan fingerprint density at radius 2 is 1.91 bits per heavy atom. The van der Waals surface area contributed by atoms with Gasteiger partial charge in [0.1, 0.15) is 17.7 Å². The molecule has 1 saturated heterocycles. The molecule has 1 aliphatic rings. The lowest BCUT2D eigenvalue weighted by molar-refractivity contribution is 0.0790. The number of carbonyl (C=O) groups excluding carboxylic acids is 1. The van der Waals surface area contributed by atoms with Crippen LogP contribution in [-0.4, -0.2) is 29.9 Å². The number of anilines is 1. The standard InChI is InChI=1S/C26H19ClF2N4O/c27-24-12-22(7-5-19(24)14-31)33(15-20-4-6-21(28)11-25(20)29)23-8-9-32(16-23)26(34)18-3-1-2-17(10-18)13-30/h1-7,10-12,23H,8-9,15-16H2/t23-/m0/s1. The predicted octanol–water partition coefficient (Wildman–Crippen LogP) is 5.28. The molecule has 0 aromatic heterocycles. The first-order chi connectivity index (χ1) is 16.4. The molecule has 3 aromatic carbocycles. The highest BCUT2D eigenvalue weighted by Gasteiger charge is 2.32. The molecule has 1 fully saturated rings. The third-order valence-electron chi connectivity index (χ3n) is 5.89. The van der Waals surface area contributed by atoms with E-state index in [9.17, 15) is 18.8 Å². The van der Waals surface area contributed by atoms with Crippen molar-refractivity contribution in [1.29, 1.82) is 10.5 Å². The summed E-state index contributed by atoms with van der Waals surface area (Å²) < 4.78 is 27.9. The fraction of sp³-hybridized carbons (Fsp3) is 0.192. The van der Waals surface area contributed by atoms with Gasteiger partial charge in [0.15, 0.2) is 0 Å². The normalized spacial score (nSPS) is 15.0. The molecule has 4 rings (SSSR count). The zero-order valence-electron chi connectivity index (χ0n) is 18.0. The van der Waals surface area contributed by atoms with Gasteiger partial charge in [-0.25, -0.2) is 8.78 Å². The third kappa shape index (κ3) is 4.85. The van der Waals surface area contributed by atoms with E-state index in [0.29, 0.717) is 47.5 Å². The largest absolute Gasteiger partial charge is 0.362 e. The second kappa shape index (κ2) is 9.91. The van der Waals surface area contributed by atoms with Gasteiger partial charge in [0.05, 0.1) is 22.2 Å². The molecular weight excluding hydrogens is 458 g/mol. The maximum Gasteiger partial charge on any atom is 0.253 e. The Hall–Kier alpha value is -3.94. The molecule has 0 bridgehead atoms. The number of halogens is 3. The van der Waals surface area contributed by atoms with Crippen molar-refractivity contribution in [3.63, 3.8) is 0 Å². The van der Waals surface area contributed by atoms with E-state index in [2.05, 4.69) is 0 Å². The zero-order valence-corrected chi connectivity index (χ0v) is 18.8. The molecular formula is C26H19ClF2N4O. The summed E-state index contributed by atoms with van der Waals surface area (Å²) in [4.78, 5) is 16.7. The van der Waals surface area contributed by atoms with Crippen LogP contribution in [0, 0.1) is 34.3 Å². The van der Waals surface area contributed by atoms with Gasteiger partial charge in [-0.2, -0.15) is 10.5 Å². The van der Waals surface area contributed by atoms with Crippen molar-refractivity contribution in [2.75, 3.05) is 18.0 Å². The van der Waals surface area contributed by atoms with Crippen LogP contribution in [0.15, 0.2) is 60.7 Å². The number of hydrogen-bond acceptors (Lipinski definition) is 4. The van der Waals surface area contributed by atoms with Crippen molar-refractivity contribution in [3.05, 3.63) is 99.6 Å². The highest BCUT2D eigenvalue weighted by molar-refractivity contribution is 6.32. The molecule has 3 aromatic rings. The van der Waals surface area contributed by atoms with Gasteiger partial charge in [-0.1, -0.05) is 23.7 Å². The average Bonchev–Trinajstić information content (AvgIpc) is 3.33. The van der Waals surface area contributed by atoms with Gasteiger partial charge < -0.3 is 9.80 Å². The summed E-state index contributed by atoms with van der Waals surface area (Å²) in [7, 11) is 0. The van der Waals surface area contributed by atoms with Gasteiger partial charge in [-0.3, -0.25) is 4.79 Å². The second-order valence-corrected chi connectivity index (χ2v) is 8.43. The Bertz CT molecular complexity index is 1330. The van der Waals surface area contributed by atoms with Gasteiger partial charge >= 0.3 is 0 Å². The molecule has 1 heterocycles. The first-order valence-electron chi connectivity index (χ1n) is 10.6. The van der Waals surface area contributed by atoms with Crippen LogP contribution in [0.3, 0.4) is 0 Å². The molecule has 0 radical (unpaired) electrons. The molecule has 170 valence electrons. The Kier molecular flexibility index (Phi) is 6.77. The van der Waals surface area contributed by atoms with E-state index in [4.69, 9.17) is 16.9 Å². The first-order valence-corrected chi connectivity index (χ1v) is 11.0. The van der Waals surface area contributed by atoms with Crippen LogP contribution in [-0.2, 0) is 6.54 Å². The van der Waals surface area contributed by atoms with Gasteiger partial charge in [0.25, 0.3) is 5.91 Å². The fourth-order valence-electron chi connectivity index (χ4n) is 4.12. The molecule has 34 heavy (non-hydrogen) atoms. The minimum Gasteiger partial charge on any atom is -0.362 e. The lowest BCUT2D eigenvalue weighted by atomic mass is 10.1. The lowest BCUT2D eigenvalue weighted by Crippen LogP contribution is -2.39. The summed E-state index contributed by atoms with van der Waals surface area (Å²) >= 11 is 6.26. The van der Waals surface area contributed by atoms with E-state index in [1.807, 2.05) is 17.0 Å². The summed E-state index contributed by atoms with van der Waals surface area (Å²) in [5, 5.41) is 18.6. The van der Waals surface area contributed by atoms with Crippen LogP contribution in [0.25, 0.3) is 0 Å². The molecule has 8 heteroatoms. The highest BCUT2D eigenvalue weighted by Crippen LogP contribution is 2.30. The first kappa shape index (κ1) is 23.2. The van der Waals surface area contributed by atoms with Crippen molar-refractivity contribution < 1.29 is 13.6 Å². The zero-order chi connectivity index (χ0) is 24.2. The van der Waals surface area contributed by atoms with Crippen LogP contribution in [0.5, 0.6) is 0 Å². The summed E-state index contributed by atoms with van der Waals surface area (Å²) in [6, 6.07) is 18.8. The van der Waals surface area contributed by atoms with Gasteiger partial charge in [-0.05, 0) is 48.9 Å². The van der Waals surface area contributed by atoms with Crippen LogP contribution < -0.4 is 4.90 Å². The van der Waals surface area contributed by atoms with Crippen molar-refractivity contribution in [1.82, 2.24) is 4.90 Å². The monoisotopic (exact) mass is 476 g/mol. The Morgan fingerprint density at radius 1 is 1.09 bits per heavy atom. The molecule has 0 N–H and O–H groups in total. The summed E-state index contributed by atoms with van der Waals surface area (Å²) in [5.74, 6) is -1.51. The van der Waals surface area contributed by atoms with Crippen LogP contribution in [0.2, 0.25) is 5.02 Å². The van der Waals surface area contributed by atoms with Crippen LogP contribution >= 0.6 is 11.6 Å². The Labute approximate surface area is 201 Å². The van der Waals surface area contributed by atoms with E-state index < -0.39 is 11.6 Å². The summed E-state index contributed by atoms with van der Waals surface area (Å²) in [6.07, 6.45) is 0.615. The third-order valence-corrected chi connectivity index (χ3v) is 6.20. The topological polar surface area (TPSA) is 71.1 Å². The minimum absolute atomic E-state index is 0.130.